The van der Waals surface area contributed by atoms with Crippen molar-refractivity contribution in [3.63, 3.8) is 0 Å². The summed E-state index contributed by atoms with van der Waals surface area (Å²) in [6, 6.07) is 13.4. The number of nitrogens with one attached hydrogen (secondary N) is 1. The maximum atomic E-state index is 12.0. The SMILES string of the molecule is N#Cc1ccc(NC(=O)c2ccccc2N)cc1Cl. The Morgan fingerprint density at radius 2 is 2.00 bits per heavy atom. The standard InChI is InChI=1S/C14H10ClN3O/c15-12-7-10(6-5-9(12)8-16)18-14(19)11-3-1-2-4-13(11)17/h1-7H,17H2,(H,18,19). The highest BCUT2D eigenvalue weighted by molar-refractivity contribution is 6.32. The van der Waals surface area contributed by atoms with E-state index in [0.29, 0.717) is 27.5 Å². The topological polar surface area (TPSA) is 78.9 Å². The minimum atomic E-state index is -0.320. The lowest BCUT2D eigenvalue weighted by atomic mass is 10.1. The number of carbonyl (C=O) groups excluding carboxylic acids is 1. The fourth-order valence-electron chi connectivity index (χ4n) is 1.59. The molecule has 4 nitrogen and oxygen atoms in total. The van der Waals surface area contributed by atoms with E-state index in [1.165, 1.54) is 6.07 Å². The van der Waals surface area contributed by atoms with Crippen molar-refractivity contribution in [2.45, 2.75) is 0 Å². The first-order chi connectivity index (χ1) is 9.11. The molecule has 0 aliphatic carbocycles. The molecule has 0 spiro atoms. The number of nitrogen functional groups attached to an aromatic ring is 1. The van der Waals surface area contributed by atoms with E-state index in [4.69, 9.17) is 22.6 Å². The van der Waals surface area contributed by atoms with Crippen LogP contribution in [0.4, 0.5) is 11.4 Å². The first-order valence-electron chi connectivity index (χ1n) is 5.47. The van der Waals surface area contributed by atoms with Gasteiger partial charge in [-0.1, -0.05) is 23.7 Å². The lowest BCUT2D eigenvalue weighted by Gasteiger charge is -2.08. The summed E-state index contributed by atoms with van der Waals surface area (Å²) in [5.74, 6) is -0.320. The Bertz CT molecular complexity index is 677. The normalized spacial score (nSPS) is 9.68. The lowest BCUT2D eigenvalue weighted by molar-refractivity contribution is 0.102. The van der Waals surface area contributed by atoms with Gasteiger partial charge in [0.1, 0.15) is 6.07 Å². The molecule has 2 rings (SSSR count). The van der Waals surface area contributed by atoms with Gasteiger partial charge in [0, 0.05) is 11.4 Å². The molecule has 0 radical (unpaired) electrons. The Kier molecular flexibility index (Phi) is 3.69. The van der Waals surface area contributed by atoms with Crippen molar-refractivity contribution in [2.75, 3.05) is 11.1 Å². The number of rotatable bonds is 2. The van der Waals surface area contributed by atoms with Crippen LogP contribution in [-0.2, 0) is 0 Å². The molecular formula is C14H10ClN3O. The molecule has 19 heavy (non-hydrogen) atoms. The Morgan fingerprint density at radius 1 is 1.26 bits per heavy atom. The Balaban J connectivity index is 2.23. The van der Waals surface area contributed by atoms with Crippen molar-refractivity contribution >= 4 is 28.9 Å². The molecule has 1 amide bonds. The molecule has 0 aliphatic heterocycles. The number of amides is 1. The summed E-state index contributed by atoms with van der Waals surface area (Å²) >= 11 is 5.89. The second-order valence-electron chi connectivity index (χ2n) is 3.85. The van der Waals surface area contributed by atoms with E-state index < -0.39 is 0 Å². The largest absolute Gasteiger partial charge is 0.398 e. The number of nitrogens with zero attached hydrogens (tertiary/aromatic N) is 1. The van der Waals surface area contributed by atoms with E-state index in [9.17, 15) is 4.79 Å². The van der Waals surface area contributed by atoms with Gasteiger partial charge in [-0.3, -0.25) is 4.79 Å². The van der Waals surface area contributed by atoms with Crippen molar-refractivity contribution in [3.8, 4) is 6.07 Å². The molecule has 2 aromatic carbocycles. The summed E-state index contributed by atoms with van der Waals surface area (Å²) in [5.41, 5.74) is 7.39. The van der Waals surface area contributed by atoms with Crippen LogP contribution in [0.3, 0.4) is 0 Å². The molecule has 0 bridgehead atoms. The van der Waals surface area contributed by atoms with Crippen LogP contribution in [-0.4, -0.2) is 5.91 Å². The molecule has 0 unspecified atom stereocenters. The van der Waals surface area contributed by atoms with Crippen molar-refractivity contribution < 1.29 is 4.79 Å². The van der Waals surface area contributed by atoms with E-state index in [2.05, 4.69) is 5.32 Å². The second-order valence-corrected chi connectivity index (χ2v) is 4.26. The molecule has 0 aliphatic rings. The number of nitrogens with two attached hydrogens (primary N) is 1. The molecule has 3 N–H and O–H groups in total. The number of para-hydroxylation sites is 1. The van der Waals surface area contributed by atoms with Gasteiger partial charge in [-0.25, -0.2) is 0 Å². The number of halogens is 1. The summed E-state index contributed by atoms with van der Waals surface area (Å²) in [7, 11) is 0. The highest BCUT2D eigenvalue weighted by Gasteiger charge is 2.10. The summed E-state index contributed by atoms with van der Waals surface area (Å²) in [4.78, 5) is 12.0. The van der Waals surface area contributed by atoms with E-state index in [-0.39, 0.29) is 5.91 Å². The zero-order valence-electron chi connectivity index (χ0n) is 9.85. The van der Waals surface area contributed by atoms with E-state index in [1.54, 1.807) is 36.4 Å². The molecule has 0 aromatic heterocycles. The number of anilines is 2. The van der Waals surface area contributed by atoms with Crippen LogP contribution in [0, 0.1) is 11.3 Å². The highest BCUT2D eigenvalue weighted by Crippen LogP contribution is 2.21. The maximum absolute atomic E-state index is 12.0. The first-order valence-corrected chi connectivity index (χ1v) is 5.85. The van der Waals surface area contributed by atoms with Gasteiger partial charge in [-0.2, -0.15) is 5.26 Å². The minimum absolute atomic E-state index is 0.293. The van der Waals surface area contributed by atoms with Crippen molar-refractivity contribution in [1.82, 2.24) is 0 Å². The predicted octanol–water partition coefficient (Wildman–Crippen LogP) is 3.05. The Labute approximate surface area is 115 Å². The van der Waals surface area contributed by atoms with Gasteiger partial charge in [0.2, 0.25) is 0 Å². The third kappa shape index (κ3) is 2.84. The number of nitriles is 1. The minimum Gasteiger partial charge on any atom is -0.398 e. The van der Waals surface area contributed by atoms with Crippen LogP contribution in [0.1, 0.15) is 15.9 Å². The molecular weight excluding hydrogens is 262 g/mol. The second kappa shape index (κ2) is 5.42. The number of benzene rings is 2. The molecule has 0 saturated heterocycles. The summed E-state index contributed by atoms with van der Waals surface area (Å²) < 4.78 is 0. The molecule has 0 atom stereocenters. The van der Waals surface area contributed by atoms with E-state index in [0.717, 1.165) is 0 Å². The van der Waals surface area contributed by atoms with Gasteiger partial charge in [-0.05, 0) is 30.3 Å². The Morgan fingerprint density at radius 3 is 2.63 bits per heavy atom. The maximum Gasteiger partial charge on any atom is 0.257 e. The summed E-state index contributed by atoms with van der Waals surface area (Å²) in [6.45, 7) is 0. The highest BCUT2D eigenvalue weighted by atomic mass is 35.5. The van der Waals surface area contributed by atoms with Gasteiger partial charge in [0.15, 0.2) is 0 Å². The van der Waals surface area contributed by atoms with E-state index >= 15 is 0 Å². The smallest absolute Gasteiger partial charge is 0.257 e. The van der Waals surface area contributed by atoms with E-state index in [1.807, 2.05) is 6.07 Å². The quantitative estimate of drug-likeness (QED) is 0.824. The summed E-state index contributed by atoms with van der Waals surface area (Å²) in [6.07, 6.45) is 0. The predicted molar refractivity (Wildman–Crippen MR) is 75.0 cm³/mol. The lowest BCUT2D eigenvalue weighted by Crippen LogP contribution is -2.13. The van der Waals surface area contributed by atoms with Crippen molar-refractivity contribution in [2.24, 2.45) is 0 Å². The average Bonchev–Trinajstić information content (AvgIpc) is 2.39. The fourth-order valence-corrected chi connectivity index (χ4v) is 1.81. The Hall–Kier alpha value is -2.51. The first kappa shape index (κ1) is 12.9. The molecule has 94 valence electrons. The zero-order chi connectivity index (χ0) is 13.8. The van der Waals surface area contributed by atoms with Crippen LogP contribution in [0.2, 0.25) is 5.02 Å². The number of hydrogen-bond donors (Lipinski definition) is 2. The van der Waals surface area contributed by atoms with Crippen LogP contribution in [0.25, 0.3) is 0 Å². The van der Waals surface area contributed by atoms with Crippen molar-refractivity contribution in [1.29, 1.82) is 5.26 Å². The number of carbonyl (C=O) groups is 1. The third-order valence-electron chi connectivity index (χ3n) is 2.55. The monoisotopic (exact) mass is 271 g/mol. The van der Waals surface area contributed by atoms with Crippen LogP contribution in [0.5, 0.6) is 0 Å². The van der Waals surface area contributed by atoms with Gasteiger partial charge in [0.25, 0.3) is 5.91 Å². The zero-order valence-corrected chi connectivity index (χ0v) is 10.6. The van der Waals surface area contributed by atoms with Crippen LogP contribution >= 0.6 is 11.6 Å². The van der Waals surface area contributed by atoms with Gasteiger partial charge in [0.05, 0.1) is 16.1 Å². The average molecular weight is 272 g/mol. The molecule has 0 fully saturated rings. The summed E-state index contributed by atoms with van der Waals surface area (Å²) in [5, 5.41) is 11.7. The van der Waals surface area contributed by atoms with Crippen LogP contribution < -0.4 is 11.1 Å². The molecule has 0 saturated carbocycles. The van der Waals surface area contributed by atoms with Crippen molar-refractivity contribution in [3.05, 3.63) is 58.6 Å². The van der Waals surface area contributed by atoms with Gasteiger partial charge < -0.3 is 11.1 Å². The van der Waals surface area contributed by atoms with Crippen LogP contribution in [0.15, 0.2) is 42.5 Å². The van der Waals surface area contributed by atoms with Gasteiger partial charge in [-0.15, -0.1) is 0 Å². The molecule has 2 aromatic rings. The molecule has 0 heterocycles. The number of hydrogen-bond acceptors (Lipinski definition) is 3. The van der Waals surface area contributed by atoms with Gasteiger partial charge >= 0.3 is 0 Å². The molecule has 5 heteroatoms. The third-order valence-corrected chi connectivity index (χ3v) is 2.87. The fraction of sp³-hybridized carbons (Fsp3) is 0.